The maximum atomic E-state index is 11.8. The maximum absolute atomic E-state index is 11.8. The second kappa shape index (κ2) is 3.63. The lowest BCUT2D eigenvalue weighted by atomic mass is 10.1. The predicted molar refractivity (Wildman–Crippen MR) is 59.1 cm³/mol. The van der Waals surface area contributed by atoms with Gasteiger partial charge in [0.25, 0.3) is 0 Å². The molecule has 1 aromatic rings. The number of carboxylic acid groups (broad SMARTS) is 1. The number of carbonyl (C=O) groups excluding carboxylic acids is 1. The molecule has 2 N–H and O–H groups in total. The summed E-state index contributed by atoms with van der Waals surface area (Å²) in [6.45, 7) is 1.92. The highest BCUT2D eigenvalue weighted by Crippen LogP contribution is 2.46. The smallest absolute Gasteiger partial charge is 0.319 e. The fourth-order valence-electron chi connectivity index (χ4n) is 1.64. The molecule has 0 atom stereocenters. The van der Waals surface area contributed by atoms with Crippen molar-refractivity contribution in [3.8, 4) is 0 Å². The van der Waals surface area contributed by atoms with Gasteiger partial charge in [0.2, 0.25) is 5.91 Å². The quantitative estimate of drug-likeness (QED) is 0.762. The normalized spacial score (nSPS) is 16.6. The molecule has 1 aromatic carbocycles. The highest BCUT2D eigenvalue weighted by atomic mass is 16.4. The molecule has 0 spiro atoms. The summed E-state index contributed by atoms with van der Waals surface area (Å²) in [7, 11) is 0. The minimum Gasteiger partial charge on any atom is -0.480 e. The summed E-state index contributed by atoms with van der Waals surface area (Å²) in [6, 6.07) is 7.31. The molecule has 0 aliphatic heterocycles. The largest absolute Gasteiger partial charge is 0.480 e. The molecule has 1 fully saturated rings. The van der Waals surface area contributed by atoms with Gasteiger partial charge >= 0.3 is 5.97 Å². The van der Waals surface area contributed by atoms with E-state index in [1.165, 1.54) is 0 Å². The van der Waals surface area contributed by atoms with Crippen LogP contribution < -0.4 is 5.32 Å². The van der Waals surface area contributed by atoms with E-state index in [1.807, 2.05) is 25.1 Å². The van der Waals surface area contributed by atoms with Gasteiger partial charge in [0.05, 0.1) is 0 Å². The van der Waals surface area contributed by atoms with Gasteiger partial charge in [-0.1, -0.05) is 12.1 Å². The van der Waals surface area contributed by atoms with Gasteiger partial charge in [0, 0.05) is 5.69 Å². The molecule has 2 rings (SSSR count). The molecule has 0 unspecified atom stereocenters. The summed E-state index contributed by atoms with van der Waals surface area (Å²) >= 11 is 0. The Kier molecular flexibility index (Phi) is 2.42. The van der Waals surface area contributed by atoms with Crippen LogP contribution in [0.5, 0.6) is 0 Å². The van der Waals surface area contributed by atoms with E-state index < -0.39 is 17.3 Å². The first-order valence-electron chi connectivity index (χ1n) is 5.16. The van der Waals surface area contributed by atoms with Crippen LogP contribution in [0.1, 0.15) is 18.4 Å². The van der Waals surface area contributed by atoms with Crippen molar-refractivity contribution in [1.29, 1.82) is 0 Å². The van der Waals surface area contributed by atoms with E-state index in [-0.39, 0.29) is 0 Å². The lowest BCUT2D eigenvalue weighted by Crippen LogP contribution is -2.31. The van der Waals surface area contributed by atoms with E-state index in [0.29, 0.717) is 18.5 Å². The van der Waals surface area contributed by atoms with E-state index in [9.17, 15) is 9.59 Å². The van der Waals surface area contributed by atoms with Gasteiger partial charge in [-0.3, -0.25) is 9.59 Å². The number of aryl methyl sites for hydroxylation is 1. The Morgan fingerprint density at radius 3 is 2.56 bits per heavy atom. The van der Waals surface area contributed by atoms with Crippen LogP contribution >= 0.6 is 0 Å². The van der Waals surface area contributed by atoms with Gasteiger partial charge in [0.15, 0.2) is 0 Å². The number of hydrogen-bond donors (Lipinski definition) is 2. The van der Waals surface area contributed by atoms with Crippen molar-refractivity contribution in [1.82, 2.24) is 0 Å². The van der Waals surface area contributed by atoms with Gasteiger partial charge in [-0.25, -0.2) is 0 Å². The Balaban J connectivity index is 2.11. The standard InChI is InChI=1S/C12H13NO3/c1-8-3-2-4-9(7-8)13-10(14)12(5-6-12)11(15)16/h2-4,7H,5-6H2,1H3,(H,13,14)(H,15,16). The molecule has 0 heterocycles. The molecule has 1 amide bonds. The second-order valence-electron chi connectivity index (χ2n) is 4.21. The van der Waals surface area contributed by atoms with Crippen molar-refractivity contribution in [3.05, 3.63) is 29.8 Å². The highest BCUT2D eigenvalue weighted by Gasteiger charge is 2.57. The third kappa shape index (κ3) is 1.78. The zero-order valence-electron chi connectivity index (χ0n) is 8.99. The molecule has 1 aliphatic rings. The summed E-state index contributed by atoms with van der Waals surface area (Å²) in [6.07, 6.45) is 0.861. The van der Waals surface area contributed by atoms with Crippen LogP contribution in [0, 0.1) is 12.3 Å². The Labute approximate surface area is 93.3 Å². The first-order valence-corrected chi connectivity index (χ1v) is 5.16. The minimum atomic E-state index is -1.18. The van der Waals surface area contributed by atoms with E-state index in [2.05, 4.69) is 5.32 Å². The van der Waals surface area contributed by atoms with E-state index >= 15 is 0 Å². The highest BCUT2D eigenvalue weighted by molar-refractivity contribution is 6.10. The Hall–Kier alpha value is -1.84. The lowest BCUT2D eigenvalue weighted by Gasteiger charge is -2.10. The van der Waals surface area contributed by atoms with Crippen LogP contribution in [0.15, 0.2) is 24.3 Å². The molecule has 4 heteroatoms. The minimum absolute atomic E-state index is 0.411. The van der Waals surface area contributed by atoms with E-state index in [4.69, 9.17) is 5.11 Å². The molecule has 84 valence electrons. The van der Waals surface area contributed by atoms with Crippen LogP contribution in [-0.4, -0.2) is 17.0 Å². The zero-order valence-corrected chi connectivity index (χ0v) is 8.99. The van der Waals surface area contributed by atoms with Gasteiger partial charge in [-0.2, -0.15) is 0 Å². The monoisotopic (exact) mass is 219 g/mol. The molecule has 1 aliphatic carbocycles. The number of benzene rings is 1. The third-order valence-corrected chi connectivity index (χ3v) is 2.87. The molecule has 0 aromatic heterocycles. The van der Waals surface area contributed by atoms with Crippen LogP contribution in [0.4, 0.5) is 5.69 Å². The first kappa shape index (κ1) is 10.7. The summed E-state index contributed by atoms with van der Waals surface area (Å²) in [5, 5.41) is 11.6. The Morgan fingerprint density at radius 1 is 1.38 bits per heavy atom. The number of nitrogens with one attached hydrogen (secondary N) is 1. The zero-order chi connectivity index (χ0) is 11.8. The van der Waals surface area contributed by atoms with Gasteiger partial charge in [-0.05, 0) is 37.5 Å². The number of carboxylic acids is 1. The van der Waals surface area contributed by atoms with Crippen molar-refractivity contribution in [3.63, 3.8) is 0 Å². The number of hydrogen-bond acceptors (Lipinski definition) is 2. The maximum Gasteiger partial charge on any atom is 0.319 e. The van der Waals surface area contributed by atoms with Crippen molar-refractivity contribution in [2.75, 3.05) is 5.32 Å². The van der Waals surface area contributed by atoms with Gasteiger partial charge < -0.3 is 10.4 Å². The van der Waals surface area contributed by atoms with Gasteiger partial charge in [-0.15, -0.1) is 0 Å². The molecule has 1 saturated carbocycles. The average molecular weight is 219 g/mol. The molecule has 0 bridgehead atoms. The Bertz CT molecular complexity index is 449. The number of rotatable bonds is 3. The Morgan fingerprint density at radius 2 is 2.06 bits per heavy atom. The lowest BCUT2D eigenvalue weighted by molar-refractivity contribution is -0.147. The number of amides is 1. The predicted octanol–water partition coefficient (Wildman–Crippen LogP) is 1.80. The molecule has 0 saturated heterocycles. The molecular weight excluding hydrogens is 206 g/mol. The fourth-order valence-corrected chi connectivity index (χ4v) is 1.64. The van der Waals surface area contributed by atoms with Crippen molar-refractivity contribution < 1.29 is 14.7 Å². The summed E-state index contributed by atoms with van der Waals surface area (Å²) < 4.78 is 0. The third-order valence-electron chi connectivity index (χ3n) is 2.87. The summed E-state index contributed by atoms with van der Waals surface area (Å²) in [5.74, 6) is -1.44. The van der Waals surface area contributed by atoms with Crippen molar-refractivity contribution >= 4 is 17.6 Å². The van der Waals surface area contributed by atoms with E-state index in [1.54, 1.807) is 6.07 Å². The number of anilines is 1. The second-order valence-corrected chi connectivity index (χ2v) is 4.21. The molecule has 16 heavy (non-hydrogen) atoms. The topological polar surface area (TPSA) is 66.4 Å². The molecule has 4 nitrogen and oxygen atoms in total. The first-order chi connectivity index (χ1) is 7.54. The number of carbonyl (C=O) groups is 2. The van der Waals surface area contributed by atoms with Crippen LogP contribution in [-0.2, 0) is 9.59 Å². The van der Waals surface area contributed by atoms with Crippen LogP contribution in [0.3, 0.4) is 0 Å². The van der Waals surface area contributed by atoms with Crippen molar-refractivity contribution in [2.24, 2.45) is 5.41 Å². The van der Waals surface area contributed by atoms with Gasteiger partial charge in [0.1, 0.15) is 5.41 Å². The van der Waals surface area contributed by atoms with Crippen molar-refractivity contribution in [2.45, 2.75) is 19.8 Å². The van der Waals surface area contributed by atoms with Crippen LogP contribution in [0.25, 0.3) is 0 Å². The van der Waals surface area contributed by atoms with Crippen LogP contribution in [0.2, 0.25) is 0 Å². The number of aliphatic carboxylic acids is 1. The SMILES string of the molecule is Cc1cccc(NC(=O)C2(C(=O)O)CC2)c1. The summed E-state index contributed by atoms with van der Waals surface area (Å²) in [5.41, 5.74) is 0.500. The fraction of sp³-hybridized carbons (Fsp3) is 0.333. The van der Waals surface area contributed by atoms with E-state index in [0.717, 1.165) is 5.56 Å². The molecular formula is C12H13NO3. The average Bonchev–Trinajstić information content (AvgIpc) is 2.97. The summed E-state index contributed by atoms with van der Waals surface area (Å²) in [4.78, 5) is 22.7. The molecule has 0 radical (unpaired) electrons.